The largest absolute Gasteiger partial charge is 0.494 e. The minimum absolute atomic E-state index is 0.0877. The Balaban J connectivity index is 1.61. The molecular weight excluding hydrogens is 364 g/mol. The topological polar surface area (TPSA) is 58.6 Å². The van der Waals surface area contributed by atoms with E-state index in [0.717, 1.165) is 22.6 Å². The molecule has 154 valence electrons. The molecule has 3 rings (SSSR count). The van der Waals surface area contributed by atoms with E-state index in [1.165, 1.54) is 12.5 Å². The number of fused-ring (bicyclic) bond motifs is 1. The lowest BCUT2D eigenvalue weighted by molar-refractivity contribution is -0.126. The summed E-state index contributed by atoms with van der Waals surface area (Å²) in [6.45, 7) is 11.0. The molecule has 5 nitrogen and oxygen atoms in total. The number of hydrogen-bond donors (Lipinski definition) is 1. The van der Waals surface area contributed by atoms with E-state index in [2.05, 4.69) is 38.2 Å². The summed E-state index contributed by atoms with van der Waals surface area (Å²) in [5.41, 5.74) is 4.18. The SMILES string of the molecule is CC(=O)N[C@@H]1C(=O)N(CCCOc2ccc(C(C)(C)C)cc2)c2ccc(C)cc21. The van der Waals surface area contributed by atoms with Crippen molar-refractivity contribution in [2.24, 2.45) is 0 Å². The maximum absolute atomic E-state index is 12.9. The minimum Gasteiger partial charge on any atom is -0.494 e. The van der Waals surface area contributed by atoms with Crippen molar-refractivity contribution in [3.05, 3.63) is 59.2 Å². The zero-order valence-corrected chi connectivity index (χ0v) is 17.9. The Bertz CT molecular complexity index is 897. The average Bonchev–Trinajstić information content (AvgIpc) is 2.89. The third kappa shape index (κ3) is 4.78. The Morgan fingerprint density at radius 3 is 2.45 bits per heavy atom. The van der Waals surface area contributed by atoms with Crippen molar-refractivity contribution in [3.8, 4) is 5.75 Å². The van der Waals surface area contributed by atoms with Crippen LogP contribution < -0.4 is 15.0 Å². The quantitative estimate of drug-likeness (QED) is 0.744. The number of benzene rings is 2. The first-order valence-corrected chi connectivity index (χ1v) is 10.1. The number of ether oxygens (including phenoxy) is 1. The zero-order chi connectivity index (χ0) is 21.2. The van der Waals surface area contributed by atoms with Crippen LogP contribution in [0.3, 0.4) is 0 Å². The van der Waals surface area contributed by atoms with Gasteiger partial charge in [0.05, 0.1) is 6.61 Å². The standard InChI is InChI=1S/C24H30N2O3/c1-16-7-12-21-20(15-16)22(25-17(2)27)23(28)26(21)13-6-14-29-19-10-8-18(9-11-19)24(3,4)5/h7-12,15,22H,6,13-14H2,1-5H3,(H,25,27)/t22-/m0/s1. The highest BCUT2D eigenvalue weighted by Gasteiger charge is 2.37. The Labute approximate surface area is 173 Å². The van der Waals surface area contributed by atoms with Crippen molar-refractivity contribution in [2.75, 3.05) is 18.1 Å². The fraction of sp³-hybridized carbons (Fsp3) is 0.417. The van der Waals surface area contributed by atoms with Gasteiger partial charge in [-0.15, -0.1) is 0 Å². The molecule has 0 unspecified atom stereocenters. The molecule has 0 aliphatic carbocycles. The van der Waals surface area contributed by atoms with E-state index in [4.69, 9.17) is 4.74 Å². The van der Waals surface area contributed by atoms with E-state index in [1.54, 1.807) is 4.90 Å². The van der Waals surface area contributed by atoms with Gasteiger partial charge < -0.3 is 15.0 Å². The Hall–Kier alpha value is -2.82. The second-order valence-corrected chi connectivity index (χ2v) is 8.66. The van der Waals surface area contributed by atoms with Gasteiger partial charge in [-0.1, -0.05) is 50.6 Å². The molecule has 0 bridgehead atoms. The van der Waals surface area contributed by atoms with Crippen LogP contribution in [0.15, 0.2) is 42.5 Å². The summed E-state index contributed by atoms with van der Waals surface area (Å²) in [5, 5.41) is 2.78. The molecule has 0 fully saturated rings. The first-order valence-electron chi connectivity index (χ1n) is 10.1. The number of anilines is 1. The van der Waals surface area contributed by atoms with Gasteiger partial charge in [-0.2, -0.15) is 0 Å². The van der Waals surface area contributed by atoms with Crippen molar-refractivity contribution in [3.63, 3.8) is 0 Å². The van der Waals surface area contributed by atoms with Crippen LogP contribution in [0.2, 0.25) is 0 Å². The van der Waals surface area contributed by atoms with E-state index in [1.807, 2.05) is 37.3 Å². The van der Waals surface area contributed by atoms with E-state index >= 15 is 0 Å². The third-order valence-corrected chi connectivity index (χ3v) is 5.16. The number of nitrogens with zero attached hydrogens (tertiary/aromatic N) is 1. The summed E-state index contributed by atoms with van der Waals surface area (Å²) in [4.78, 5) is 26.2. The third-order valence-electron chi connectivity index (χ3n) is 5.16. The lowest BCUT2D eigenvalue weighted by atomic mass is 9.87. The molecule has 2 aromatic rings. The number of hydrogen-bond acceptors (Lipinski definition) is 3. The fourth-order valence-corrected chi connectivity index (χ4v) is 3.60. The van der Waals surface area contributed by atoms with Gasteiger partial charge in [0.25, 0.3) is 5.91 Å². The second kappa shape index (κ2) is 8.27. The first kappa shape index (κ1) is 20.9. The summed E-state index contributed by atoms with van der Waals surface area (Å²) in [6.07, 6.45) is 0.701. The summed E-state index contributed by atoms with van der Waals surface area (Å²) in [7, 11) is 0. The molecule has 1 aliphatic rings. The molecule has 0 saturated carbocycles. The van der Waals surface area contributed by atoms with E-state index in [-0.39, 0.29) is 17.2 Å². The van der Waals surface area contributed by atoms with Gasteiger partial charge in [0, 0.05) is 24.7 Å². The molecule has 1 heterocycles. The summed E-state index contributed by atoms with van der Waals surface area (Å²) in [5.74, 6) is 0.535. The van der Waals surface area contributed by atoms with Crippen LogP contribution in [0.25, 0.3) is 0 Å². The number of nitrogens with one attached hydrogen (secondary N) is 1. The number of aryl methyl sites for hydroxylation is 1. The van der Waals surface area contributed by atoms with Gasteiger partial charge in [-0.05, 0) is 42.5 Å². The number of amides is 2. The maximum Gasteiger partial charge on any atom is 0.254 e. The molecule has 0 aromatic heterocycles. The molecule has 1 aliphatic heterocycles. The highest BCUT2D eigenvalue weighted by atomic mass is 16.5. The number of carbonyl (C=O) groups excluding carboxylic acids is 2. The van der Waals surface area contributed by atoms with Gasteiger partial charge >= 0.3 is 0 Å². The molecule has 2 amide bonds. The Morgan fingerprint density at radius 2 is 1.83 bits per heavy atom. The molecule has 0 spiro atoms. The summed E-state index contributed by atoms with van der Waals surface area (Å²) in [6, 6.07) is 13.5. The van der Waals surface area contributed by atoms with Crippen LogP contribution in [0, 0.1) is 6.92 Å². The summed E-state index contributed by atoms with van der Waals surface area (Å²) >= 11 is 0. The highest BCUT2D eigenvalue weighted by Crippen LogP contribution is 2.36. The minimum atomic E-state index is -0.603. The van der Waals surface area contributed by atoms with Crippen LogP contribution >= 0.6 is 0 Å². The molecular formula is C24H30N2O3. The number of carbonyl (C=O) groups is 2. The van der Waals surface area contributed by atoms with Crippen molar-refractivity contribution in [1.29, 1.82) is 0 Å². The second-order valence-electron chi connectivity index (χ2n) is 8.66. The van der Waals surface area contributed by atoms with Gasteiger partial charge in [-0.25, -0.2) is 0 Å². The Kier molecular flexibility index (Phi) is 5.96. The Morgan fingerprint density at radius 1 is 1.14 bits per heavy atom. The molecule has 0 saturated heterocycles. The molecule has 1 N–H and O–H groups in total. The molecule has 5 heteroatoms. The van der Waals surface area contributed by atoms with Crippen LogP contribution in [-0.2, 0) is 15.0 Å². The van der Waals surface area contributed by atoms with E-state index < -0.39 is 6.04 Å². The maximum atomic E-state index is 12.9. The predicted octanol–water partition coefficient (Wildman–Crippen LogP) is 4.29. The summed E-state index contributed by atoms with van der Waals surface area (Å²) < 4.78 is 5.86. The highest BCUT2D eigenvalue weighted by molar-refractivity contribution is 6.06. The van der Waals surface area contributed by atoms with Crippen molar-refractivity contribution >= 4 is 17.5 Å². The molecule has 2 aromatic carbocycles. The van der Waals surface area contributed by atoms with Crippen LogP contribution in [0.4, 0.5) is 5.69 Å². The molecule has 1 atom stereocenters. The lowest BCUT2D eigenvalue weighted by Gasteiger charge is -2.20. The predicted molar refractivity (Wildman–Crippen MR) is 115 cm³/mol. The van der Waals surface area contributed by atoms with Crippen LogP contribution in [0.5, 0.6) is 5.75 Å². The van der Waals surface area contributed by atoms with Gasteiger partial charge in [-0.3, -0.25) is 9.59 Å². The van der Waals surface area contributed by atoms with Gasteiger partial charge in [0.15, 0.2) is 0 Å². The monoisotopic (exact) mass is 394 g/mol. The van der Waals surface area contributed by atoms with E-state index in [0.29, 0.717) is 19.6 Å². The van der Waals surface area contributed by atoms with Gasteiger partial charge in [0.2, 0.25) is 5.91 Å². The van der Waals surface area contributed by atoms with Crippen molar-refractivity contribution in [1.82, 2.24) is 5.32 Å². The van der Waals surface area contributed by atoms with E-state index in [9.17, 15) is 9.59 Å². The average molecular weight is 395 g/mol. The molecule has 0 radical (unpaired) electrons. The molecule has 29 heavy (non-hydrogen) atoms. The normalized spacial score (nSPS) is 16.0. The van der Waals surface area contributed by atoms with Crippen molar-refractivity contribution < 1.29 is 14.3 Å². The van der Waals surface area contributed by atoms with Gasteiger partial charge in [0.1, 0.15) is 11.8 Å². The van der Waals surface area contributed by atoms with Crippen LogP contribution in [-0.4, -0.2) is 25.0 Å². The number of rotatable bonds is 6. The zero-order valence-electron chi connectivity index (χ0n) is 17.9. The van der Waals surface area contributed by atoms with Crippen molar-refractivity contribution in [2.45, 2.75) is 52.5 Å². The smallest absolute Gasteiger partial charge is 0.254 e. The first-order chi connectivity index (χ1) is 13.7. The van der Waals surface area contributed by atoms with Crippen LogP contribution in [0.1, 0.15) is 56.8 Å². The lowest BCUT2D eigenvalue weighted by Crippen LogP contribution is -2.37. The fourth-order valence-electron chi connectivity index (χ4n) is 3.60.